The van der Waals surface area contributed by atoms with Crippen LogP contribution in [0.4, 0.5) is 5.69 Å². The Morgan fingerprint density at radius 2 is 1.74 bits per heavy atom. The summed E-state index contributed by atoms with van der Waals surface area (Å²) >= 11 is 0. The molecule has 1 saturated carbocycles. The minimum Gasteiger partial charge on any atom is -0.378 e. The van der Waals surface area contributed by atoms with E-state index in [1.807, 2.05) is 60.0 Å². The second-order valence-corrected chi connectivity index (χ2v) is 9.26. The summed E-state index contributed by atoms with van der Waals surface area (Å²) in [5.41, 5.74) is 5.04. The number of benzene rings is 2. The fourth-order valence-electron chi connectivity index (χ4n) is 5.04. The second-order valence-electron chi connectivity index (χ2n) is 9.26. The average molecular weight is 463 g/mol. The van der Waals surface area contributed by atoms with Crippen LogP contribution in [0.5, 0.6) is 0 Å². The largest absolute Gasteiger partial charge is 0.378 e. The SMILES string of the molecule is CCN(C(=O)C1CCCC1)c1cc(-c2ccc(CC(=O)N3CCOCC3)cc2)cc(C=O)c1C. The lowest BCUT2D eigenvalue weighted by Crippen LogP contribution is -2.41. The maximum atomic E-state index is 13.2. The van der Waals surface area contributed by atoms with Crippen molar-refractivity contribution in [1.29, 1.82) is 0 Å². The predicted molar refractivity (Wildman–Crippen MR) is 133 cm³/mol. The highest BCUT2D eigenvalue weighted by molar-refractivity contribution is 5.98. The Morgan fingerprint density at radius 3 is 2.35 bits per heavy atom. The Hall–Kier alpha value is -2.99. The van der Waals surface area contributed by atoms with Crippen molar-refractivity contribution in [2.45, 2.75) is 46.0 Å². The van der Waals surface area contributed by atoms with E-state index in [1.54, 1.807) is 0 Å². The van der Waals surface area contributed by atoms with Gasteiger partial charge in [0.05, 0.1) is 19.6 Å². The maximum absolute atomic E-state index is 13.2. The first kappa shape index (κ1) is 24.1. The van der Waals surface area contributed by atoms with Crippen LogP contribution in [0.2, 0.25) is 0 Å². The Labute approximate surface area is 201 Å². The van der Waals surface area contributed by atoms with Crippen LogP contribution in [0.1, 0.15) is 54.1 Å². The molecular formula is C28H34N2O4. The van der Waals surface area contributed by atoms with Gasteiger partial charge in [-0.15, -0.1) is 0 Å². The molecule has 2 fully saturated rings. The van der Waals surface area contributed by atoms with Crippen molar-refractivity contribution in [1.82, 2.24) is 4.90 Å². The van der Waals surface area contributed by atoms with E-state index in [2.05, 4.69) is 0 Å². The molecule has 0 spiro atoms. The molecule has 2 aromatic rings. The molecule has 0 N–H and O–H groups in total. The van der Waals surface area contributed by atoms with Crippen LogP contribution in [0.3, 0.4) is 0 Å². The van der Waals surface area contributed by atoms with Crippen molar-refractivity contribution in [3.05, 3.63) is 53.1 Å². The molecule has 6 nitrogen and oxygen atoms in total. The van der Waals surface area contributed by atoms with Crippen LogP contribution in [-0.4, -0.2) is 55.8 Å². The lowest BCUT2D eigenvalue weighted by atomic mass is 9.96. The first-order valence-electron chi connectivity index (χ1n) is 12.4. The van der Waals surface area contributed by atoms with Gasteiger partial charge in [0.2, 0.25) is 11.8 Å². The van der Waals surface area contributed by atoms with Gasteiger partial charge in [-0.1, -0.05) is 37.1 Å². The number of rotatable bonds is 7. The van der Waals surface area contributed by atoms with E-state index in [4.69, 9.17) is 4.74 Å². The fourth-order valence-corrected chi connectivity index (χ4v) is 5.04. The van der Waals surface area contributed by atoms with Crippen molar-refractivity contribution >= 4 is 23.8 Å². The number of anilines is 1. The molecule has 1 saturated heterocycles. The van der Waals surface area contributed by atoms with E-state index in [0.29, 0.717) is 44.8 Å². The number of ether oxygens (including phenoxy) is 1. The Kier molecular flexibility index (Phi) is 7.78. The summed E-state index contributed by atoms with van der Waals surface area (Å²) in [7, 11) is 0. The van der Waals surface area contributed by atoms with Crippen LogP contribution in [0.15, 0.2) is 36.4 Å². The van der Waals surface area contributed by atoms with Gasteiger partial charge < -0.3 is 14.5 Å². The van der Waals surface area contributed by atoms with Gasteiger partial charge in [-0.25, -0.2) is 0 Å². The monoisotopic (exact) mass is 462 g/mol. The molecule has 4 rings (SSSR count). The third-order valence-electron chi connectivity index (χ3n) is 7.13. The van der Waals surface area contributed by atoms with Gasteiger partial charge in [0.15, 0.2) is 0 Å². The van der Waals surface area contributed by atoms with Crippen molar-refractivity contribution in [3.8, 4) is 11.1 Å². The molecule has 34 heavy (non-hydrogen) atoms. The molecule has 2 aliphatic rings. The van der Waals surface area contributed by atoms with E-state index in [-0.39, 0.29) is 17.7 Å². The third kappa shape index (κ3) is 5.22. The van der Waals surface area contributed by atoms with Crippen molar-refractivity contribution < 1.29 is 19.1 Å². The van der Waals surface area contributed by atoms with Crippen LogP contribution in [0.25, 0.3) is 11.1 Å². The lowest BCUT2D eigenvalue weighted by molar-refractivity contribution is -0.134. The van der Waals surface area contributed by atoms with E-state index in [0.717, 1.165) is 59.9 Å². The highest BCUT2D eigenvalue weighted by atomic mass is 16.5. The van der Waals surface area contributed by atoms with Gasteiger partial charge in [0.1, 0.15) is 6.29 Å². The number of morpholine rings is 1. The van der Waals surface area contributed by atoms with Crippen LogP contribution >= 0.6 is 0 Å². The zero-order chi connectivity index (χ0) is 24.1. The smallest absolute Gasteiger partial charge is 0.230 e. The lowest BCUT2D eigenvalue weighted by Gasteiger charge is -2.27. The Morgan fingerprint density at radius 1 is 1.06 bits per heavy atom. The Balaban J connectivity index is 1.58. The summed E-state index contributed by atoms with van der Waals surface area (Å²) in [6.45, 7) is 6.94. The number of aldehydes is 1. The van der Waals surface area contributed by atoms with Gasteiger partial charge in [0, 0.05) is 36.8 Å². The van der Waals surface area contributed by atoms with Crippen LogP contribution in [-0.2, 0) is 20.7 Å². The van der Waals surface area contributed by atoms with Crippen molar-refractivity contribution in [3.63, 3.8) is 0 Å². The highest BCUT2D eigenvalue weighted by Crippen LogP contribution is 2.34. The molecule has 0 aromatic heterocycles. The number of carbonyl (C=O) groups excluding carboxylic acids is 3. The minimum atomic E-state index is 0.0750. The molecule has 1 aliphatic carbocycles. The molecular weight excluding hydrogens is 428 g/mol. The molecule has 0 bridgehead atoms. The van der Waals surface area contributed by atoms with E-state index in [1.165, 1.54) is 0 Å². The zero-order valence-electron chi connectivity index (χ0n) is 20.2. The number of hydrogen-bond donors (Lipinski definition) is 0. The topological polar surface area (TPSA) is 66.9 Å². The van der Waals surface area contributed by atoms with Crippen LogP contribution in [0, 0.1) is 12.8 Å². The summed E-state index contributed by atoms with van der Waals surface area (Å²) in [5, 5.41) is 0. The first-order chi connectivity index (χ1) is 16.5. The summed E-state index contributed by atoms with van der Waals surface area (Å²) in [4.78, 5) is 41.4. The molecule has 2 amide bonds. The molecule has 6 heteroatoms. The van der Waals surface area contributed by atoms with E-state index >= 15 is 0 Å². The molecule has 0 radical (unpaired) electrons. The van der Waals surface area contributed by atoms with Gasteiger partial charge in [0.25, 0.3) is 0 Å². The van der Waals surface area contributed by atoms with E-state index in [9.17, 15) is 14.4 Å². The van der Waals surface area contributed by atoms with E-state index < -0.39 is 0 Å². The molecule has 1 aliphatic heterocycles. The van der Waals surface area contributed by atoms with Crippen molar-refractivity contribution in [2.75, 3.05) is 37.7 Å². The maximum Gasteiger partial charge on any atom is 0.230 e. The zero-order valence-corrected chi connectivity index (χ0v) is 20.2. The molecule has 1 heterocycles. The fraction of sp³-hybridized carbons (Fsp3) is 0.464. The number of carbonyl (C=O) groups is 3. The number of hydrogen-bond acceptors (Lipinski definition) is 4. The van der Waals surface area contributed by atoms with Crippen molar-refractivity contribution in [2.24, 2.45) is 5.92 Å². The first-order valence-corrected chi connectivity index (χ1v) is 12.4. The standard InChI is InChI=1S/C28H34N2O4/c1-3-30(28(33)23-6-4-5-7-23)26-18-24(17-25(19-31)20(26)2)22-10-8-21(9-11-22)16-27(32)29-12-14-34-15-13-29/h8-11,17-19,23H,3-7,12-16H2,1-2H3. The summed E-state index contributed by atoms with van der Waals surface area (Å²) in [5.74, 6) is 0.348. The van der Waals surface area contributed by atoms with Gasteiger partial charge in [-0.2, -0.15) is 0 Å². The van der Waals surface area contributed by atoms with Gasteiger partial charge in [-0.05, 0) is 61.1 Å². The van der Waals surface area contributed by atoms with Gasteiger partial charge in [-0.3, -0.25) is 14.4 Å². The number of nitrogens with zero attached hydrogens (tertiary/aromatic N) is 2. The Bertz CT molecular complexity index is 1040. The normalized spacial score (nSPS) is 16.5. The molecule has 180 valence electrons. The highest BCUT2D eigenvalue weighted by Gasteiger charge is 2.28. The predicted octanol–water partition coefficient (Wildman–Crippen LogP) is 4.42. The minimum absolute atomic E-state index is 0.0750. The number of amides is 2. The third-order valence-corrected chi connectivity index (χ3v) is 7.13. The summed E-state index contributed by atoms with van der Waals surface area (Å²) < 4.78 is 5.33. The summed E-state index contributed by atoms with van der Waals surface area (Å²) in [6, 6.07) is 11.8. The molecule has 0 atom stereocenters. The van der Waals surface area contributed by atoms with Gasteiger partial charge >= 0.3 is 0 Å². The second kappa shape index (κ2) is 11.0. The van der Waals surface area contributed by atoms with Crippen LogP contribution < -0.4 is 4.90 Å². The molecule has 2 aromatic carbocycles. The summed E-state index contributed by atoms with van der Waals surface area (Å²) in [6.07, 6.45) is 5.32. The molecule has 0 unspecified atom stereocenters. The quantitative estimate of drug-likeness (QED) is 0.572. The average Bonchev–Trinajstić information content (AvgIpc) is 3.41.